The molecule has 0 amide bonds. The lowest BCUT2D eigenvalue weighted by atomic mass is 10.4. The predicted molar refractivity (Wildman–Crippen MR) is 69.7 cm³/mol. The van der Waals surface area contributed by atoms with Crippen molar-refractivity contribution in [3.8, 4) is 10.7 Å². The molecule has 0 bridgehead atoms. The number of thiophene rings is 1. The minimum absolute atomic E-state index is 0.221. The summed E-state index contributed by atoms with van der Waals surface area (Å²) in [7, 11) is 1.42. The summed E-state index contributed by atoms with van der Waals surface area (Å²) in [6, 6.07) is 3.71. The van der Waals surface area contributed by atoms with Crippen molar-refractivity contribution in [1.29, 1.82) is 0 Å². The van der Waals surface area contributed by atoms with Gasteiger partial charge >= 0.3 is 0 Å². The molecule has 0 saturated carbocycles. The van der Waals surface area contributed by atoms with E-state index in [1.165, 1.54) is 15.9 Å². The highest BCUT2D eigenvalue weighted by atomic mass is 79.9. The Balaban J connectivity index is 2.61. The van der Waals surface area contributed by atoms with Gasteiger partial charge in [0, 0.05) is 17.2 Å². The van der Waals surface area contributed by atoms with Crippen LogP contribution in [-0.2, 0) is 15.6 Å². The number of nitrogens with zero attached hydrogens (tertiary/aromatic N) is 3. The first-order valence-electron chi connectivity index (χ1n) is 4.57. The van der Waals surface area contributed by atoms with Gasteiger partial charge in [0.05, 0.1) is 8.66 Å². The van der Waals surface area contributed by atoms with Crippen molar-refractivity contribution in [2.24, 2.45) is 0 Å². The Morgan fingerprint density at radius 1 is 1.47 bits per heavy atom. The van der Waals surface area contributed by atoms with Crippen molar-refractivity contribution in [1.82, 2.24) is 14.8 Å². The van der Waals surface area contributed by atoms with Crippen LogP contribution >= 0.6 is 37.9 Å². The molecule has 2 aromatic heterocycles. The van der Waals surface area contributed by atoms with E-state index < -0.39 is 9.05 Å². The minimum atomic E-state index is -3.87. The van der Waals surface area contributed by atoms with Crippen LogP contribution in [0, 0.1) is 0 Å². The highest BCUT2D eigenvalue weighted by molar-refractivity contribution is 9.11. The Morgan fingerprint density at radius 2 is 2.18 bits per heavy atom. The Labute approximate surface area is 115 Å². The highest BCUT2D eigenvalue weighted by Gasteiger charge is 2.22. The molecule has 0 aromatic carbocycles. The largest absolute Gasteiger partial charge is 0.296 e. The molecule has 92 valence electrons. The molecule has 2 rings (SSSR count). The van der Waals surface area contributed by atoms with Gasteiger partial charge in [-0.15, -0.1) is 21.5 Å². The van der Waals surface area contributed by atoms with E-state index in [2.05, 4.69) is 26.1 Å². The Kier molecular flexibility index (Phi) is 3.58. The number of aromatic nitrogens is 3. The summed E-state index contributed by atoms with van der Waals surface area (Å²) in [6.45, 7) is 2.24. The van der Waals surface area contributed by atoms with Gasteiger partial charge in [-0.2, -0.15) is 0 Å². The number of hydrogen-bond donors (Lipinski definition) is 0. The quantitative estimate of drug-likeness (QED) is 0.793. The lowest BCUT2D eigenvalue weighted by molar-refractivity contribution is 0.583. The van der Waals surface area contributed by atoms with Gasteiger partial charge in [-0.25, -0.2) is 8.42 Å². The molecule has 0 aliphatic carbocycles. The van der Waals surface area contributed by atoms with E-state index in [1.807, 2.05) is 12.1 Å². The standard InChI is InChI=1S/C8H7BrClN3O2S2/c1-2-13-7(5-3-4-6(9)16-5)11-12-8(13)17(10,14)15/h3-4H,2H2,1H3. The molecule has 9 heteroatoms. The second-order valence-electron chi connectivity index (χ2n) is 3.09. The van der Waals surface area contributed by atoms with Crippen molar-refractivity contribution >= 4 is 47.0 Å². The first-order chi connectivity index (χ1) is 7.93. The molecule has 0 aliphatic rings. The van der Waals surface area contributed by atoms with Crippen LogP contribution in [0.1, 0.15) is 6.92 Å². The van der Waals surface area contributed by atoms with Gasteiger partial charge in [0.2, 0.25) is 0 Å². The van der Waals surface area contributed by atoms with Crippen LogP contribution in [0.3, 0.4) is 0 Å². The van der Waals surface area contributed by atoms with Crippen LogP contribution < -0.4 is 0 Å². The fourth-order valence-electron chi connectivity index (χ4n) is 1.37. The zero-order valence-corrected chi connectivity index (χ0v) is 12.6. The van der Waals surface area contributed by atoms with E-state index in [4.69, 9.17) is 10.7 Å². The van der Waals surface area contributed by atoms with E-state index in [0.29, 0.717) is 12.4 Å². The van der Waals surface area contributed by atoms with Crippen molar-refractivity contribution in [3.63, 3.8) is 0 Å². The van der Waals surface area contributed by atoms with Gasteiger partial charge in [0.1, 0.15) is 0 Å². The van der Waals surface area contributed by atoms with E-state index in [1.54, 1.807) is 6.92 Å². The monoisotopic (exact) mass is 355 g/mol. The Morgan fingerprint density at radius 3 is 2.65 bits per heavy atom. The average molecular weight is 357 g/mol. The lowest BCUT2D eigenvalue weighted by Crippen LogP contribution is -2.05. The normalized spacial score (nSPS) is 11.9. The van der Waals surface area contributed by atoms with Gasteiger partial charge in [-0.3, -0.25) is 4.57 Å². The third-order valence-corrected chi connectivity index (χ3v) is 4.82. The maximum atomic E-state index is 11.3. The fourth-order valence-corrected chi connectivity index (χ4v) is 3.71. The van der Waals surface area contributed by atoms with Crippen LogP contribution in [0.5, 0.6) is 0 Å². The topological polar surface area (TPSA) is 64.8 Å². The number of halogens is 2. The molecule has 2 heterocycles. The van der Waals surface area contributed by atoms with E-state index >= 15 is 0 Å². The maximum Gasteiger partial charge on any atom is 0.296 e. The third kappa shape index (κ3) is 2.54. The molecule has 0 saturated heterocycles. The molecule has 0 unspecified atom stereocenters. The maximum absolute atomic E-state index is 11.3. The van der Waals surface area contributed by atoms with Crippen LogP contribution in [0.2, 0.25) is 0 Å². The SMILES string of the molecule is CCn1c(-c2ccc(Br)s2)nnc1S(=O)(=O)Cl. The second kappa shape index (κ2) is 4.68. The van der Waals surface area contributed by atoms with E-state index in [9.17, 15) is 8.42 Å². The van der Waals surface area contributed by atoms with Gasteiger partial charge in [-0.05, 0) is 35.0 Å². The first-order valence-corrected chi connectivity index (χ1v) is 8.49. The molecular weight excluding hydrogens is 350 g/mol. The van der Waals surface area contributed by atoms with E-state index in [-0.39, 0.29) is 5.16 Å². The highest BCUT2D eigenvalue weighted by Crippen LogP contribution is 2.31. The predicted octanol–water partition coefficient (Wildman–Crippen LogP) is 2.72. The van der Waals surface area contributed by atoms with Gasteiger partial charge < -0.3 is 0 Å². The number of hydrogen-bond acceptors (Lipinski definition) is 5. The minimum Gasteiger partial charge on any atom is -0.296 e. The average Bonchev–Trinajstić information content (AvgIpc) is 2.81. The molecule has 0 fully saturated rings. The van der Waals surface area contributed by atoms with Gasteiger partial charge in [0.25, 0.3) is 14.2 Å². The van der Waals surface area contributed by atoms with Crippen LogP contribution in [0.4, 0.5) is 0 Å². The van der Waals surface area contributed by atoms with E-state index in [0.717, 1.165) is 8.66 Å². The summed E-state index contributed by atoms with van der Waals surface area (Å²) in [5, 5.41) is 7.28. The number of rotatable bonds is 3. The van der Waals surface area contributed by atoms with Crippen LogP contribution in [0.15, 0.2) is 21.1 Å². The molecular formula is C8H7BrClN3O2S2. The molecule has 0 atom stereocenters. The third-order valence-electron chi connectivity index (χ3n) is 2.04. The van der Waals surface area contributed by atoms with Crippen molar-refractivity contribution in [2.45, 2.75) is 18.6 Å². The smallest absolute Gasteiger partial charge is 0.296 e. The molecule has 17 heavy (non-hydrogen) atoms. The zero-order chi connectivity index (χ0) is 12.6. The molecule has 0 aliphatic heterocycles. The van der Waals surface area contributed by atoms with Gasteiger partial charge in [-0.1, -0.05) is 0 Å². The van der Waals surface area contributed by atoms with Gasteiger partial charge in [0.15, 0.2) is 5.82 Å². The van der Waals surface area contributed by atoms with Crippen LogP contribution in [0.25, 0.3) is 10.7 Å². The first kappa shape index (κ1) is 13.0. The molecule has 5 nitrogen and oxygen atoms in total. The van der Waals surface area contributed by atoms with Crippen molar-refractivity contribution < 1.29 is 8.42 Å². The summed E-state index contributed by atoms with van der Waals surface area (Å²) < 4.78 is 25.0. The molecule has 0 N–H and O–H groups in total. The Bertz CT molecular complexity index is 650. The summed E-state index contributed by atoms with van der Waals surface area (Å²) in [5.74, 6) is 0.502. The Hall–Kier alpha value is -0.440. The fraction of sp³-hybridized carbons (Fsp3) is 0.250. The lowest BCUT2D eigenvalue weighted by Gasteiger charge is -2.03. The molecule has 0 radical (unpaired) electrons. The summed E-state index contributed by atoms with van der Waals surface area (Å²) in [5.41, 5.74) is 0. The summed E-state index contributed by atoms with van der Waals surface area (Å²) in [4.78, 5) is 0.831. The summed E-state index contributed by atoms with van der Waals surface area (Å²) >= 11 is 4.79. The van der Waals surface area contributed by atoms with Crippen LogP contribution in [-0.4, -0.2) is 23.2 Å². The summed E-state index contributed by atoms with van der Waals surface area (Å²) in [6.07, 6.45) is 0. The van der Waals surface area contributed by atoms with Crippen molar-refractivity contribution in [3.05, 3.63) is 15.9 Å². The molecule has 0 spiro atoms. The molecule has 2 aromatic rings. The zero-order valence-electron chi connectivity index (χ0n) is 8.59. The van der Waals surface area contributed by atoms with Crippen molar-refractivity contribution in [2.75, 3.05) is 0 Å². The second-order valence-corrected chi connectivity index (χ2v) is 8.01.